The van der Waals surface area contributed by atoms with Crippen molar-refractivity contribution in [3.63, 3.8) is 0 Å². The Bertz CT molecular complexity index is 415. The standard InChI is InChI=1S/C17H26O2/c1-11-7-12(2)9-16(8-11)19-17-6-5-15(14(4)18)10-13(17)3/h5-6,10-12,14,16,18H,7-9H2,1-4H3/t11?,12?,14-,16?/m1/s1. The molecule has 1 aromatic rings. The lowest BCUT2D eigenvalue weighted by Gasteiger charge is -2.32. The Morgan fingerprint density at radius 2 is 1.79 bits per heavy atom. The largest absolute Gasteiger partial charge is 0.490 e. The van der Waals surface area contributed by atoms with Gasteiger partial charge in [-0.3, -0.25) is 0 Å². The van der Waals surface area contributed by atoms with Crippen LogP contribution in [0.3, 0.4) is 0 Å². The second-order valence-corrected chi connectivity index (χ2v) is 6.36. The lowest BCUT2D eigenvalue weighted by atomic mass is 9.82. The number of hydrogen-bond donors (Lipinski definition) is 1. The van der Waals surface area contributed by atoms with Crippen LogP contribution in [0.1, 0.15) is 57.3 Å². The number of aliphatic hydroxyl groups excluding tert-OH is 1. The topological polar surface area (TPSA) is 29.5 Å². The van der Waals surface area contributed by atoms with Crippen molar-refractivity contribution in [3.8, 4) is 5.75 Å². The molecule has 0 saturated heterocycles. The van der Waals surface area contributed by atoms with Crippen LogP contribution in [0.5, 0.6) is 5.75 Å². The minimum Gasteiger partial charge on any atom is -0.490 e. The second kappa shape index (κ2) is 5.96. The van der Waals surface area contributed by atoms with Crippen molar-refractivity contribution in [2.24, 2.45) is 11.8 Å². The molecule has 1 saturated carbocycles. The molecule has 19 heavy (non-hydrogen) atoms. The number of aliphatic hydroxyl groups is 1. The molecule has 1 fully saturated rings. The van der Waals surface area contributed by atoms with E-state index in [2.05, 4.69) is 20.8 Å². The summed E-state index contributed by atoms with van der Waals surface area (Å²) in [5, 5.41) is 9.59. The molecule has 1 N–H and O–H groups in total. The van der Waals surface area contributed by atoms with Crippen LogP contribution in [0.4, 0.5) is 0 Å². The summed E-state index contributed by atoms with van der Waals surface area (Å²) >= 11 is 0. The molecule has 2 unspecified atom stereocenters. The third-order valence-corrected chi connectivity index (χ3v) is 4.11. The van der Waals surface area contributed by atoms with Gasteiger partial charge in [0, 0.05) is 0 Å². The van der Waals surface area contributed by atoms with Crippen molar-refractivity contribution in [2.75, 3.05) is 0 Å². The Hall–Kier alpha value is -1.02. The molecule has 3 atom stereocenters. The van der Waals surface area contributed by atoms with Crippen molar-refractivity contribution < 1.29 is 9.84 Å². The summed E-state index contributed by atoms with van der Waals surface area (Å²) in [4.78, 5) is 0. The first-order valence-corrected chi connectivity index (χ1v) is 7.41. The molecule has 2 nitrogen and oxygen atoms in total. The highest BCUT2D eigenvalue weighted by Crippen LogP contribution is 2.32. The van der Waals surface area contributed by atoms with E-state index >= 15 is 0 Å². The van der Waals surface area contributed by atoms with E-state index in [4.69, 9.17) is 4.74 Å². The van der Waals surface area contributed by atoms with Crippen LogP contribution < -0.4 is 4.74 Å². The smallest absolute Gasteiger partial charge is 0.122 e. The van der Waals surface area contributed by atoms with Gasteiger partial charge in [-0.2, -0.15) is 0 Å². The SMILES string of the molecule is Cc1cc([C@@H](C)O)ccc1OC1CC(C)CC(C)C1. The zero-order valence-electron chi connectivity index (χ0n) is 12.5. The molecule has 0 amide bonds. The predicted octanol–water partition coefficient (Wildman–Crippen LogP) is 4.25. The highest BCUT2D eigenvalue weighted by molar-refractivity contribution is 5.37. The van der Waals surface area contributed by atoms with Gasteiger partial charge in [-0.25, -0.2) is 0 Å². The summed E-state index contributed by atoms with van der Waals surface area (Å²) < 4.78 is 6.18. The molecule has 1 aliphatic carbocycles. The van der Waals surface area contributed by atoms with Crippen LogP contribution >= 0.6 is 0 Å². The first-order valence-electron chi connectivity index (χ1n) is 7.41. The van der Waals surface area contributed by atoms with Gasteiger partial charge < -0.3 is 9.84 Å². The Morgan fingerprint density at radius 3 is 2.32 bits per heavy atom. The Balaban J connectivity index is 2.06. The van der Waals surface area contributed by atoms with E-state index in [1.807, 2.05) is 18.2 Å². The van der Waals surface area contributed by atoms with Crippen LogP contribution in [-0.2, 0) is 0 Å². The molecular formula is C17H26O2. The summed E-state index contributed by atoms with van der Waals surface area (Å²) in [5.41, 5.74) is 2.07. The van der Waals surface area contributed by atoms with E-state index in [1.165, 1.54) is 6.42 Å². The van der Waals surface area contributed by atoms with E-state index in [9.17, 15) is 5.11 Å². The Kier molecular flexibility index (Phi) is 4.51. The van der Waals surface area contributed by atoms with Gasteiger partial charge in [0.05, 0.1) is 12.2 Å². The van der Waals surface area contributed by atoms with Crippen LogP contribution in [0.15, 0.2) is 18.2 Å². The maximum atomic E-state index is 9.59. The zero-order valence-corrected chi connectivity index (χ0v) is 12.5. The summed E-state index contributed by atoms with van der Waals surface area (Å²) in [6, 6.07) is 5.99. The summed E-state index contributed by atoms with van der Waals surface area (Å²) in [7, 11) is 0. The fourth-order valence-electron chi connectivity index (χ4n) is 3.21. The molecule has 1 aliphatic rings. The van der Waals surface area contributed by atoms with Gasteiger partial charge in [0.1, 0.15) is 5.75 Å². The van der Waals surface area contributed by atoms with Gasteiger partial charge in [0.2, 0.25) is 0 Å². The molecule has 0 aromatic heterocycles. The van der Waals surface area contributed by atoms with Gasteiger partial charge in [-0.15, -0.1) is 0 Å². The van der Waals surface area contributed by atoms with Gasteiger partial charge in [-0.05, 0) is 68.2 Å². The maximum absolute atomic E-state index is 9.59. The van der Waals surface area contributed by atoms with Crippen LogP contribution in [0, 0.1) is 18.8 Å². The second-order valence-electron chi connectivity index (χ2n) is 6.36. The fraction of sp³-hybridized carbons (Fsp3) is 0.647. The molecular weight excluding hydrogens is 236 g/mol. The number of benzene rings is 1. The number of aryl methyl sites for hydroxylation is 1. The summed E-state index contributed by atoms with van der Waals surface area (Å²) in [6.07, 6.45) is 3.56. The molecule has 0 radical (unpaired) electrons. The van der Waals surface area contributed by atoms with Crippen molar-refractivity contribution >= 4 is 0 Å². The maximum Gasteiger partial charge on any atom is 0.122 e. The number of ether oxygens (including phenoxy) is 1. The molecule has 0 spiro atoms. The minimum atomic E-state index is -0.414. The monoisotopic (exact) mass is 262 g/mol. The van der Waals surface area contributed by atoms with E-state index in [0.29, 0.717) is 6.10 Å². The van der Waals surface area contributed by atoms with Gasteiger partial charge in [-0.1, -0.05) is 19.9 Å². The van der Waals surface area contributed by atoms with Crippen molar-refractivity contribution in [1.82, 2.24) is 0 Å². The van der Waals surface area contributed by atoms with Crippen molar-refractivity contribution in [2.45, 2.75) is 59.2 Å². The van der Waals surface area contributed by atoms with Crippen molar-refractivity contribution in [1.29, 1.82) is 0 Å². The fourth-order valence-corrected chi connectivity index (χ4v) is 3.21. The normalized spacial score (nSPS) is 29.0. The Morgan fingerprint density at radius 1 is 1.16 bits per heavy atom. The zero-order chi connectivity index (χ0) is 14.0. The third-order valence-electron chi connectivity index (χ3n) is 4.11. The minimum absolute atomic E-state index is 0.342. The van der Waals surface area contributed by atoms with E-state index in [0.717, 1.165) is 41.6 Å². The quantitative estimate of drug-likeness (QED) is 0.882. The van der Waals surface area contributed by atoms with E-state index in [-0.39, 0.29) is 0 Å². The molecule has 2 heteroatoms. The lowest BCUT2D eigenvalue weighted by Crippen LogP contribution is -2.28. The van der Waals surface area contributed by atoms with Crippen molar-refractivity contribution in [3.05, 3.63) is 29.3 Å². The first-order chi connectivity index (χ1) is 8.95. The van der Waals surface area contributed by atoms with Crippen LogP contribution in [-0.4, -0.2) is 11.2 Å². The molecule has 0 aliphatic heterocycles. The number of hydrogen-bond acceptors (Lipinski definition) is 2. The average molecular weight is 262 g/mol. The molecule has 106 valence electrons. The molecule has 0 bridgehead atoms. The number of rotatable bonds is 3. The molecule has 2 rings (SSSR count). The van der Waals surface area contributed by atoms with Crippen LogP contribution in [0.25, 0.3) is 0 Å². The predicted molar refractivity (Wildman–Crippen MR) is 78.4 cm³/mol. The highest BCUT2D eigenvalue weighted by Gasteiger charge is 2.25. The molecule has 1 aromatic carbocycles. The summed E-state index contributed by atoms with van der Waals surface area (Å²) in [5.74, 6) is 2.48. The van der Waals surface area contributed by atoms with Gasteiger partial charge in [0.15, 0.2) is 0 Å². The first kappa shape index (κ1) is 14.4. The average Bonchev–Trinajstić information content (AvgIpc) is 2.30. The summed E-state index contributed by atoms with van der Waals surface area (Å²) in [6.45, 7) is 8.47. The van der Waals surface area contributed by atoms with Crippen LogP contribution in [0.2, 0.25) is 0 Å². The van der Waals surface area contributed by atoms with Gasteiger partial charge >= 0.3 is 0 Å². The van der Waals surface area contributed by atoms with E-state index in [1.54, 1.807) is 6.92 Å². The van der Waals surface area contributed by atoms with Gasteiger partial charge in [0.25, 0.3) is 0 Å². The lowest BCUT2D eigenvalue weighted by molar-refractivity contribution is 0.100. The molecule has 0 heterocycles. The highest BCUT2D eigenvalue weighted by atomic mass is 16.5. The third kappa shape index (κ3) is 3.73. The van der Waals surface area contributed by atoms with E-state index < -0.39 is 6.10 Å². The Labute approximate surface area is 116 Å².